The van der Waals surface area contributed by atoms with Gasteiger partial charge in [-0.1, -0.05) is 18.2 Å². The second kappa shape index (κ2) is 6.20. The van der Waals surface area contributed by atoms with Crippen LogP contribution < -0.4 is 0 Å². The summed E-state index contributed by atoms with van der Waals surface area (Å²) in [5.41, 5.74) is 4.20. The predicted molar refractivity (Wildman–Crippen MR) is 89.7 cm³/mol. The Hall–Kier alpha value is -3.08. The Morgan fingerprint density at radius 3 is 2.83 bits per heavy atom. The van der Waals surface area contributed by atoms with E-state index in [2.05, 4.69) is 15.1 Å². The molecule has 0 amide bonds. The van der Waals surface area contributed by atoms with Crippen LogP contribution in [0.1, 0.15) is 11.3 Å². The number of rotatable bonds is 4. The molecule has 24 heavy (non-hydrogen) atoms. The molecule has 0 saturated heterocycles. The molecule has 0 saturated carbocycles. The van der Waals surface area contributed by atoms with E-state index in [-0.39, 0.29) is 5.82 Å². The molecular weight excluding hydrogens is 303 g/mol. The van der Waals surface area contributed by atoms with Crippen molar-refractivity contribution in [2.24, 2.45) is 0 Å². The molecule has 0 aliphatic carbocycles. The molecule has 0 N–H and O–H groups in total. The van der Waals surface area contributed by atoms with E-state index in [1.807, 2.05) is 42.9 Å². The zero-order chi connectivity index (χ0) is 16.4. The molecule has 0 bridgehead atoms. The number of halogens is 1. The summed E-state index contributed by atoms with van der Waals surface area (Å²) >= 11 is 0. The van der Waals surface area contributed by atoms with Crippen LogP contribution in [0.2, 0.25) is 0 Å². The Labute approximate surface area is 138 Å². The summed E-state index contributed by atoms with van der Waals surface area (Å²) in [5.74, 6) is -0.276. The molecule has 0 aliphatic rings. The molecule has 1 radical (unpaired) electrons. The number of fused-ring (bicyclic) bond motifs is 1. The standard InChI is InChI=1S/C19H14FN4/c20-16-5-1-4-15(11-16)18-13-22-19-9-8-17(23-24(18)19)7-6-14-3-2-10-21-12-14/h1-5,7-13H,6H2. The van der Waals surface area contributed by atoms with Crippen molar-refractivity contribution in [3.8, 4) is 11.3 Å². The van der Waals surface area contributed by atoms with Gasteiger partial charge in [-0.3, -0.25) is 4.98 Å². The fraction of sp³-hybridized carbons (Fsp3) is 0.0526. The van der Waals surface area contributed by atoms with Crippen molar-refractivity contribution in [3.05, 3.63) is 90.6 Å². The molecule has 0 atom stereocenters. The van der Waals surface area contributed by atoms with Gasteiger partial charge in [0.1, 0.15) is 5.82 Å². The Balaban J connectivity index is 1.66. The molecule has 5 heteroatoms. The van der Waals surface area contributed by atoms with Crippen molar-refractivity contribution in [1.82, 2.24) is 19.6 Å². The van der Waals surface area contributed by atoms with Gasteiger partial charge in [-0.2, -0.15) is 5.10 Å². The summed E-state index contributed by atoms with van der Waals surface area (Å²) in [6.45, 7) is 0. The molecule has 0 spiro atoms. The molecule has 1 aromatic carbocycles. The number of benzene rings is 1. The van der Waals surface area contributed by atoms with Crippen LogP contribution in [-0.2, 0) is 6.42 Å². The van der Waals surface area contributed by atoms with Gasteiger partial charge in [0.05, 0.1) is 17.6 Å². The van der Waals surface area contributed by atoms with Gasteiger partial charge in [0.25, 0.3) is 0 Å². The summed E-state index contributed by atoms with van der Waals surface area (Å²) in [5, 5.41) is 4.61. The number of pyridine rings is 1. The number of hydrogen-bond donors (Lipinski definition) is 0. The first-order valence-corrected chi connectivity index (χ1v) is 7.62. The van der Waals surface area contributed by atoms with Crippen LogP contribution >= 0.6 is 0 Å². The van der Waals surface area contributed by atoms with Gasteiger partial charge in [-0.25, -0.2) is 13.9 Å². The lowest BCUT2D eigenvalue weighted by Gasteiger charge is -2.04. The largest absolute Gasteiger partial charge is 0.264 e. The summed E-state index contributed by atoms with van der Waals surface area (Å²) < 4.78 is 15.2. The third-order valence-corrected chi connectivity index (χ3v) is 3.77. The first-order chi connectivity index (χ1) is 11.8. The normalized spacial score (nSPS) is 11.0. The molecule has 117 valence electrons. The second-order valence-corrected chi connectivity index (χ2v) is 5.45. The van der Waals surface area contributed by atoms with Crippen LogP contribution in [0.3, 0.4) is 0 Å². The highest BCUT2D eigenvalue weighted by Crippen LogP contribution is 2.21. The summed E-state index contributed by atoms with van der Waals surface area (Å²) in [7, 11) is 0. The van der Waals surface area contributed by atoms with E-state index in [1.165, 1.54) is 12.1 Å². The lowest BCUT2D eigenvalue weighted by atomic mass is 10.1. The summed E-state index contributed by atoms with van der Waals surface area (Å²) in [4.78, 5) is 8.45. The highest BCUT2D eigenvalue weighted by atomic mass is 19.1. The molecule has 3 heterocycles. The molecule has 0 fully saturated rings. The highest BCUT2D eigenvalue weighted by Gasteiger charge is 2.09. The third kappa shape index (κ3) is 2.88. The number of hydrogen-bond acceptors (Lipinski definition) is 3. The minimum atomic E-state index is -0.276. The average Bonchev–Trinajstić information content (AvgIpc) is 3.04. The maximum atomic E-state index is 13.5. The van der Waals surface area contributed by atoms with Gasteiger partial charge in [0.15, 0.2) is 5.65 Å². The van der Waals surface area contributed by atoms with Gasteiger partial charge in [-0.05, 0) is 42.3 Å². The molecule has 4 nitrogen and oxygen atoms in total. The van der Waals surface area contributed by atoms with Gasteiger partial charge in [-0.15, -0.1) is 0 Å². The van der Waals surface area contributed by atoms with E-state index in [0.29, 0.717) is 0 Å². The van der Waals surface area contributed by atoms with Gasteiger partial charge >= 0.3 is 0 Å². The molecule has 0 aliphatic heterocycles. The van der Waals surface area contributed by atoms with Gasteiger partial charge in [0, 0.05) is 24.4 Å². The van der Waals surface area contributed by atoms with Crippen LogP contribution in [0.15, 0.2) is 67.1 Å². The number of nitrogens with zero attached hydrogens (tertiary/aromatic N) is 4. The maximum absolute atomic E-state index is 13.5. The van der Waals surface area contributed by atoms with Crippen molar-refractivity contribution in [1.29, 1.82) is 0 Å². The van der Waals surface area contributed by atoms with Crippen molar-refractivity contribution in [2.45, 2.75) is 6.42 Å². The molecule has 3 aromatic heterocycles. The van der Waals surface area contributed by atoms with Crippen LogP contribution in [0.25, 0.3) is 16.9 Å². The lowest BCUT2D eigenvalue weighted by molar-refractivity contribution is 0.628. The first kappa shape index (κ1) is 14.5. The topological polar surface area (TPSA) is 43.1 Å². The maximum Gasteiger partial charge on any atom is 0.154 e. The van der Waals surface area contributed by atoms with Crippen LogP contribution in [0.4, 0.5) is 4.39 Å². The quantitative estimate of drug-likeness (QED) is 0.576. The second-order valence-electron chi connectivity index (χ2n) is 5.45. The fourth-order valence-corrected chi connectivity index (χ4v) is 2.58. The van der Waals surface area contributed by atoms with Crippen molar-refractivity contribution in [3.63, 3.8) is 0 Å². The van der Waals surface area contributed by atoms with Crippen LogP contribution in [0.5, 0.6) is 0 Å². The molecule has 4 aromatic rings. The van der Waals surface area contributed by atoms with E-state index in [0.717, 1.165) is 34.6 Å². The Bertz CT molecular complexity index is 979. The molecule has 0 unspecified atom stereocenters. The fourth-order valence-electron chi connectivity index (χ4n) is 2.58. The van der Waals surface area contributed by atoms with E-state index >= 15 is 0 Å². The van der Waals surface area contributed by atoms with Crippen LogP contribution in [0, 0.1) is 12.2 Å². The van der Waals surface area contributed by atoms with Crippen molar-refractivity contribution >= 4 is 5.65 Å². The molecular formula is C19H14FN4. The van der Waals surface area contributed by atoms with E-state index in [9.17, 15) is 4.39 Å². The summed E-state index contributed by atoms with van der Waals surface area (Å²) in [6, 6.07) is 14.2. The lowest BCUT2D eigenvalue weighted by Crippen LogP contribution is -2.00. The Morgan fingerprint density at radius 1 is 1.04 bits per heavy atom. The number of imidazole rings is 1. The van der Waals surface area contributed by atoms with Gasteiger partial charge < -0.3 is 0 Å². The number of aromatic nitrogens is 4. The monoisotopic (exact) mass is 317 g/mol. The molecule has 4 rings (SSSR count). The van der Waals surface area contributed by atoms with Crippen molar-refractivity contribution in [2.75, 3.05) is 0 Å². The Morgan fingerprint density at radius 2 is 2.00 bits per heavy atom. The third-order valence-electron chi connectivity index (χ3n) is 3.77. The average molecular weight is 317 g/mol. The van der Waals surface area contributed by atoms with Crippen LogP contribution in [-0.4, -0.2) is 19.6 Å². The van der Waals surface area contributed by atoms with Gasteiger partial charge in [0.2, 0.25) is 0 Å². The first-order valence-electron chi connectivity index (χ1n) is 7.62. The zero-order valence-electron chi connectivity index (χ0n) is 12.8. The predicted octanol–water partition coefficient (Wildman–Crippen LogP) is 3.73. The summed E-state index contributed by atoms with van der Waals surface area (Å²) in [6.07, 6.45) is 8.08. The minimum Gasteiger partial charge on any atom is -0.264 e. The van der Waals surface area contributed by atoms with E-state index in [4.69, 9.17) is 0 Å². The highest BCUT2D eigenvalue weighted by molar-refractivity contribution is 5.62. The zero-order valence-corrected chi connectivity index (χ0v) is 12.8. The Kier molecular flexibility index (Phi) is 3.75. The SMILES string of the molecule is Fc1cccc(-c2cnc3ccc([CH]Cc4cccnc4)nn23)c1. The minimum absolute atomic E-state index is 0.276. The smallest absolute Gasteiger partial charge is 0.154 e. The van der Waals surface area contributed by atoms with E-state index < -0.39 is 0 Å². The van der Waals surface area contributed by atoms with E-state index in [1.54, 1.807) is 23.0 Å². The van der Waals surface area contributed by atoms with Crippen molar-refractivity contribution < 1.29 is 4.39 Å².